The molecular formula is C10H11N3O2. The van der Waals surface area contributed by atoms with Crippen molar-refractivity contribution in [1.82, 2.24) is 10.1 Å². The van der Waals surface area contributed by atoms with Crippen LogP contribution in [0.3, 0.4) is 0 Å². The van der Waals surface area contributed by atoms with Crippen LogP contribution < -0.4 is 10.5 Å². The average Bonchev–Trinajstić information content (AvgIpc) is 2.65. The van der Waals surface area contributed by atoms with Crippen molar-refractivity contribution in [3.63, 3.8) is 0 Å². The van der Waals surface area contributed by atoms with Crippen molar-refractivity contribution in [2.45, 2.75) is 6.42 Å². The second kappa shape index (κ2) is 4.00. The van der Waals surface area contributed by atoms with Crippen LogP contribution in [0.5, 0.6) is 5.75 Å². The summed E-state index contributed by atoms with van der Waals surface area (Å²) in [5, 5.41) is 3.51. The van der Waals surface area contributed by atoms with E-state index in [4.69, 9.17) is 15.0 Å². The Hall–Kier alpha value is -2.04. The van der Waals surface area contributed by atoms with Crippen LogP contribution in [0.4, 0.5) is 5.95 Å². The van der Waals surface area contributed by atoms with Crippen molar-refractivity contribution in [2.75, 3.05) is 12.8 Å². The minimum atomic E-state index is 0.165. The smallest absolute Gasteiger partial charge is 0.260 e. The van der Waals surface area contributed by atoms with Crippen molar-refractivity contribution in [1.29, 1.82) is 0 Å². The normalized spacial score (nSPS) is 10.2. The predicted octanol–water partition coefficient (Wildman–Crippen LogP) is 1.25. The Labute approximate surface area is 86.9 Å². The fourth-order valence-electron chi connectivity index (χ4n) is 1.26. The maximum absolute atomic E-state index is 5.34. The van der Waals surface area contributed by atoms with Crippen LogP contribution in [-0.2, 0) is 6.42 Å². The summed E-state index contributed by atoms with van der Waals surface area (Å²) in [6, 6.07) is 7.66. The number of aromatic nitrogens is 2. The maximum Gasteiger partial charge on any atom is 0.260 e. The van der Waals surface area contributed by atoms with Gasteiger partial charge in [-0.15, -0.1) is 0 Å². The number of ether oxygens (including phenoxy) is 1. The van der Waals surface area contributed by atoms with Crippen molar-refractivity contribution in [3.8, 4) is 5.75 Å². The van der Waals surface area contributed by atoms with E-state index in [0.717, 1.165) is 11.3 Å². The van der Waals surface area contributed by atoms with Crippen molar-refractivity contribution < 1.29 is 9.26 Å². The Morgan fingerprint density at radius 1 is 1.33 bits per heavy atom. The summed E-state index contributed by atoms with van der Waals surface area (Å²) in [7, 11) is 1.63. The molecule has 0 amide bonds. The van der Waals surface area contributed by atoms with Crippen molar-refractivity contribution >= 4 is 5.95 Å². The van der Waals surface area contributed by atoms with Crippen molar-refractivity contribution in [3.05, 3.63) is 35.7 Å². The summed E-state index contributed by atoms with van der Waals surface area (Å²) in [5.74, 6) is 1.50. The van der Waals surface area contributed by atoms with E-state index < -0.39 is 0 Å². The Balaban J connectivity index is 2.11. The van der Waals surface area contributed by atoms with E-state index in [9.17, 15) is 0 Å². The largest absolute Gasteiger partial charge is 0.497 e. The lowest BCUT2D eigenvalue weighted by atomic mass is 10.1. The van der Waals surface area contributed by atoms with Gasteiger partial charge in [-0.3, -0.25) is 0 Å². The molecular weight excluding hydrogens is 194 g/mol. The Bertz CT molecular complexity index is 436. The van der Waals surface area contributed by atoms with Gasteiger partial charge >= 0.3 is 0 Å². The number of anilines is 1. The first-order chi connectivity index (χ1) is 7.28. The SMILES string of the molecule is COc1ccc(Cc2nc(N)no2)cc1. The molecule has 0 radical (unpaired) electrons. The van der Waals surface area contributed by atoms with E-state index in [-0.39, 0.29) is 5.95 Å². The van der Waals surface area contributed by atoms with Gasteiger partial charge in [-0.2, -0.15) is 4.98 Å². The number of methoxy groups -OCH3 is 1. The van der Waals surface area contributed by atoms with Crippen LogP contribution in [-0.4, -0.2) is 17.3 Å². The summed E-state index contributed by atoms with van der Waals surface area (Å²) >= 11 is 0. The first-order valence-corrected chi connectivity index (χ1v) is 4.49. The number of rotatable bonds is 3. The third kappa shape index (κ3) is 2.25. The number of benzene rings is 1. The maximum atomic E-state index is 5.34. The molecule has 0 fully saturated rings. The first kappa shape index (κ1) is 9.51. The summed E-state index contributed by atoms with van der Waals surface area (Å²) in [4.78, 5) is 3.92. The van der Waals surface area contributed by atoms with Crippen molar-refractivity contribution in [2.24, 2.45) is 0 Å². The number of hydrogen-bond acceptors (Lipinski definition) is 5. The summed E-state index contributed by atoms with van der Waals surface area (Å²) < 4.78 is 9.96. The molecule has 15 heavy (non-hydrogen) atoms. The monoisotopic (exact) mass is 205 g/mol. The highest BCUT2D eigenvalue weighted by Gasteiger charge is 2.04. The third-order valence-corrected chi connectivity index (χ3v) is 2.00. The fourth-order valence-corrected chi connectivity index (χ4v) is 1.26. The second-order valence-electron chi connectivity index (χ2n) is 3.07. The number of hydrogen-bond donors (Lipinski definition) is 1. The lowest BCUT2D eigenvalue weighted by molar-refractivity contribution is 0.386. The molecule has 0 aliphatic carbocycles. The molecule has 0 aliphatic heterocycles. The minimum absolute atomic E-state index is 0.165. The van der Waals surface area contributed by atoms with Gasteiger partial charge in [-0.25, -0.2) is 0 Å². The zero-order valence-corrected chi connectivity index (χ0v) is 8.30. The van der Waals surface area contributed by atoms with Crippen LogP contribution in [0, 0.1) is 0 Å². The molecule has 2 rings (SSSR count). The highest BCUT2D eigenvalue weighted by molar-refractivity contribution is 5.28. The zero-order chi connectivity index (χ0) is 10.7. The molecule has 1 heterocycles. The van der Waals surface area contributed by atoms with Gasteiger partial charge in [0.2, 0.25) is 5.89 Å². The topological polar surface area (TPSA) is 74.2 Å². The number of nitrogen functional groups attached to an aromatic ring is 1. The Morgan fingerprint density at radius 3 is 2.60 bits per heavy atom. The third-order valence-electron chi connectivity index (χ3n) is 2.00. The second-order valence-corrected chi connectivity index (χ2v) is 3.07. The van der Waals surface area contributed by atoms with Gasteiger partial charge in [0.25, 0.3) is 5.95 Å². The van der Waals surface area contributed by atoms with Gasteiger partial charge in [0, 0.05) is 0 Å². The van der Waals surface area contributed by atoms with Gasteiger partial charge in [-0.1, -0.05) is 12.1 Å². The number of nitrogens with two attached hydrogens (primary N) is 1. The van der Waals surface area contributed by atoms with E-state index in [1.54, 1.807) is 7.11 Å². The number of nitrogens with zero attached hydrogens (tertiary/aromatic N) is 2. The average molecular weight is 205 g/mol. The molecule has 0 aliphatic rings. The first-order valence-electron chi connectivity index (χ1n) is 4.49. The standard InChI is InChI=1S/C10H11N3O2/c1-14-8-4-2-7(3-5-8)6-9-12-10(11)13-15-9/h2-5H,6H2,1H3,(H2,11,13). The lowest BCUT2D eigenvalue weighted by Crippen LogP contribution is -1.90. The molecule has 2 aromatic rings. The van der Waals surface area contributed by atoms with Gasteiger partial charge < -0.3 is 15.0 Å². The van der Waals surface area contributed by atoms with Gasteiger partial charge in [0.1, 0.15) is 5.75 Å². The minimum Gasteiger partial charge on any atom is -0.497 e. The summed E-state index contributed by atoms with van der Waals surface area (Å²) in [5.41, 5.74) is 6.41. The van der Waals surface area contributed by atoms with Gasteiger partial charge in [0.05, 0.1) is 13.5 Å². The van der Waals surface area contributed by atoms with E-state index in [2.05, 4.69) is 10.1 Å². The molecule has 0 atom stereocenters. The molecule has 5 heteroatoms. The highest BCUT2D eigenvalue weighted by Crippen LogP contribution is 2.14. The highest BCUT2D eigenvalue weighted by atomic mass is 16.5. The summed E-state index contributed by atoms with van der Waals surface area (Å²) in [6.07, 6.45) is 0.578. The molecule has 1 aromatic heterocycles. The molecule has 0 saturated heterocycles. The zero-order valence-electron chi connectivity index (χ0n) is 8.30. The van der Waals surface area contributed by atoms with Crippen LogP contribution in [0.1, 0.15) is 11.5 Å². The molecule has 0 bridgehead atoms. The quantitative estimate of drug-likeness (QED) is 0.816. The lowest BCUT2D eigenvalue weighted by Gasteiger charge is -2.00. The van der Waals surface area contributed by atoms with Crippen LogP contribution >= 0.6 is 0 Å². The molecule has 0 spiro atoms. The molecule has 0 unspecified atom stereocenters. The Kier molecular flexibility index (Phi) is 2.53. The molecule has 1 aromatic carbocycles. The fraction of sp³-hybridized carbons (Fsp3) is 0.200. The Morgan fingerprint density at radius 2 is 2.07 bits per heavy atom. The molecule has 5 nitrogen and oxygen atoms in total. The van der Waals surface area contributed by atoms with E-state index in [1.165, 1.54) is 0 Å². The van der Waals surface area contributed by atoms with Gasteiger partial charge in [0.15, 0.2) is 0 Å². The van der Waals surface area contributed by atoms with Crippen LogP contribution in [0.25, 0.3) is 0 Å². The van der Waals surface area contributed by atoms with Crippen LogP contribution in [0.15, 0.2) is 28.8 Å². The van der Waals surface area contributed by atoms with E-state index in [1.807, 2.05) is 24.3 Å². The van der Waals surface area contributed by atoms with Crippen LogP contribution in [0.2, 0.25) is 0 Å². The molecule has 0 saturated carbocycles. The van der Waals surface area contributed by atoms with E-state index >= 15 is 0 Å². The van der Waals surface area contributed by atoms with E-state index in [0.29, 0.717) is 12.3 Å². The summed E-state index contributed by atoms with van der Waals surface area (Å²) in [6.45, 7) is 0. The molecule has 78 valence electrons. The molecule has 2 N–H and O–H groups in total. The predicted molar refractivity (Wildman–Crippen MR) is 54.5 cm³/mol. The van der Waals surface area contributed by atoms with Gasteiger partial charge in [-0.05, 0) is 22.9 Å².